The van der Waals surface area contributed by atoms with Crippen LogP contribution in [-0.2, 0) is 5.60 Å². The minimum atomic E-state index is -0.980. The van der Waals surface area contributed by atoms with Crippen LogP contribution in [0.15, 0.2) is 54.6 Å². The Bertz CT molecular complexity index is 460. The molecule has 0 saturated carbocycles. The van der Waals surface area contributed by atoms with E-state index in [9.17, 15) is 5.11 Å². The van der Waals surface area contributed by atoms with E-state index in [1.54, 1.807) is 19.1 Å². The first-order valence-electron chi connectivity index (χ1n) is 5.14. The van der Waals surface area contributed by atoms with Gasteiger partial charge in [-0.2, -0.15) is 0 Å². The summed E-state index contributed by atoms with van der Waals surface area (Å²) in [6.45, 7) is 1.78. The van der Waals surface area contributed by atoms with E-state index < -0.39 is 5.60 Å². The maximum absolute atomic E-state index is 10.5. The van der Waals surface area contributed by atoms with E-state index in [1.807, 2.05) is 42.5 Å². The fourth-order valence-electron chi connectivity index (χ4n) is 1.70. The van der Waals surface area contributed by atoms with Gasteiger partial charge in [0, 0.05) is 5.02 Å². The molecule has 2 rings (SSSR count). The second-order valence-electron chi connectivity index (χ2n) is 3.95. The zero-order valence-corrected chi connectivity index (χ0v) is 9.78. The van der Waals surface area contributed by atoms with Crippen LogP contribution in [0.1, 0.15) is 18.1 Å². The molecule has 0 fully saturated rings. The average molecular weight is 233 g/mol. The minimum Gasteiger partial charge on any atom is -0.381 e. The largest absolute Gasteiger partial charge is 0.381 e. The van der Waals surface area contributed by atoms with Crippen LogP contribution < -0.4 is 0 Å². The predicted molar refractivity (Wildman–Crippen MR) is 66.6 cm³/mol. The van der Waals surface area contributed by atoms with Gasteiger partial charge in [-0.15, -0.1) is 0 Å². The van der Waals surface area contributed by atoms with Gasteiger partial charge in [-0.25, -0.2) is 0 Å². The van der Waals surface area contributed by atoms with Crippen LogP contribution >= 0.6 is 11.6 Å². The molecular weight excluding hydrogens is 220 g/mol. The third-order valence-corrected chi connectivity index (χ3v) is 2.99. The summed E-state index contributed by atoms with van der Waals surface area (Å²) in [5.74, 6) is 0. The molecule has 0 amide bonds. The molecule has 0 aromatic heterocycles. The highest BCUT2D eigenvalue weighted by Crippen LogP contribution is 2.29. The van der Waals surface area contributed by atoms with Crippen molar-refractivity contribution >= 4 is 11.6 Å². The summed E-state index contributed by atoms with van der Waals surface area (Å²) in [7, 11) is 0. The van der Waals surface area contributed by atoms with Crippen LogP contribution in [0.25, 0.3) is 0 Å². The molecule has 0 aliphatic heterocycles. The fourth-order valence-corrected chi connectivity index (χ4v) is 1.83. The highest BCUT2D eigenvalue weighted by molar-refractivity contribution is 6.30. The van der Waals surface area contributed by atoms with Crippen molar-refractivity contribution in [1.82, 2.24) is 0 Å². The summed E-state index contributed by atoms with van der Waals surface area (Å²) in [6, 6.07) is 16.8. The molecule has 1 N–H and O–H groups in total. The highest BCUT2D eigenvalue weighted by atomic mass is 35.5. The molecule has 82 valence electrons. The summed E-state index contributed by atoms with van der Waals surface area (Å²) >= 11 is 5.83. The predicted octanol–water partition coefficient (Wildman–Crippen LogP) is 3.60. The standard InChI is InChI=1S/C14H13ClO/c1-14(16,11-5-3-2-4-6-11)12-7-9-13(15)10-8-12/h2-10,16H,1H3/t14-/m1/s1. The van der Waals surface area contributed by atoms with Gasteiger partial charge in [-0.1, -0.05) is 54.1 Å². The van der Waals surface area contributed by atoms with Crippen LogP contribution in [0.3, 0.4) is 0 Å². The highest BCUT2D eigenvalue weighted by Gasteiger charge is 2.24. The number of aliphatic hydroxyl groups is 1. The van der Waals surface area contributed by atoms with E-state index >= 15 is 0 Å². The molecule has 2 aromatic rings. The molecule has 0 aliphatic carbocycles. The molecule has 2 heteroatoms. The monoisotopic (exact) mass is 232 g/mol. The first-order valence-corrected chi connectivity index (χ1v) is 5.52. The Kier molecular flexibility index (Phi) is 2.99. The Balaban J connectivity index is 2.43. The van der Waals surface area contributed by atoms with Crippen molar-refractivity contribution in [2.24, 2.45) is 0 Å². The van der Waals surface area contributed by atoms with Crippen molar-refractivity contribution in [3.63, 3.8) is 0 Å². The SMILES string of the molecule is C[C@@](O)(c1ccccc1)c1ccc(Cl)cc1. The Morgan fingerprint density at radius 3 is 1.94 bits per heavy atom. The van der Waals surface area contributed by atoms with Crippen LogP contribution in [-0.4, -0.2) is 5.11 Å². The van der Waals surface area contributed by atoms with Gasteiger partial charge in [-0.3, -0.25) is 0 Å². The first kappa shape index (κ1) is 11.2. The van der Waals surface area contributed by atoms with Crippen LogP contribution in [0.5, 0.6) is 0 Å². The van der Waals surface area contributed by atoms with E-state index in [0.29, 0.717) is 5.02 Å². The zero-order chi connectivity index (χ0) is 11.6. The van der Waals surface area contributed by atoms with Gasteiger partial charge in [0.1, 0.15) is 5.60 Å². The smallest absolute Gasteiger partial charge is 0.112 e. The lowest BCUT2D eigenvalue weighted by molar-refractivity contribution is 0.102. The number of halogens is 1. The lowest BCUT2D eigenvalue weighted by Crippen LogP contribution is -2.22. The molecule has 1 atom stereocenters. The Labute approximate surface area is 100 Å². The molecule has 1 nitrogen and oxygen atoms in total. The quantitative estimate of drug-likeness (QED) is 0.839. The van der Waals surface area contributed by atoms with Gasteiger partial charge in [0.05, 0.1) is 0 Å². The summed E-state index contributed by atoms with van der Waals surface area (Å²) in [5.41, 5.74) is 0.728. The maximum Gasteiger partial charge on any atom is 0.112 e. The van der Waals surface area contributed by atoms with Crippen molar-refractivity contribution in [3.8, 4) is 0 Å². The molecule has 2 aromatic carbocycles. The molecule has 0 radical (unpaired) electrons. The second kappa shape index (κ2) is 4.28. The Morgan fingerprint density at radius 1 is 0.875 bits per heavy atom. The fraction of sp³-hybridized carbons (Fsp3) is 0.143. The van der Waals surface area contributed by atoms with E-state index in [2.05, 4.69) is 0 Å². The topological polar surface area (TPSA) is 20.2 Å². The van der Waals surface area contributed by atoms with E-state index in [1.165, 1.54) is 0 Å². The van der Waals surface area contributed by atoms with Gasteiger partial charge in [0.15, 0.2) is 0 Å². The summed E-state index contributed by atoms with van der Waals surface area (Å²) in [4.78, 5) is 0. The second-order valence-corrected chi connectivity index (χ2v) is 4.38. The van der Waals surface area contributed by atoms with Gasteiger partial charge in [-0.05, 0) is 30.2 Å². The summed E-state index contributed by atoms with van der Waals surface area (Å²) in [5, 5.41) is 11.2. The molecule has 0 heterocycles. The summed E-state index contributed by atoms with van der Waals surface area (Å²) < 4.78 is 0. The third-order valence-electron chi connectivity index (χ3n) is 2.74. The van der Waals surface area contributed by atoms with Crippen molar-refractivity contribution in [2.45, 2.75) is 12.5 Å². The van der Waals surface area contributed by atoms with E-state index in [4.69, 9.17) is 11.6 Å². The first-order chi connectivity index (χ1) is 7.60. The number of rotatable bonds is 2. The van der Waals surface area contributed by atoms with Gasteiger partial charge >= 0.3 is 0 Å². The van der Waals surface area contributed by atoms with Crippen molar-refractivity contribution in [2.75, 3.05) is 0 Å². The lowest BCUT2D eigenvalue weighted by atomic mass is 9.88. The van der Waals surface area contributed by atoms with E-state index in [0.717, 1.165) is 11.1 Å². The summed E-state index contributed by atoms with van der Waals surface area (Å²) in [6.07, 6.45) is 0. The number of benzene rings is 2. The number of hydrogen-bond donors (Lipinski definition) is 1. The molecule has 0 spiro atoms. The molecule has 16 heavy (non-hydrogen) atoms. The van der Waals surface area contributed by atoms with E-state index in [-0.39, 0.29) is 0 Å². The lowest BCUT2D eigenvalue weighted by Gasteiger charge is -2.24. The molecule has 0 saturated heterocycles. The maximum atomic E-state index is 10.5. The van der Waals surface area contributed by atoms with Crippen molar-refractivity contribution in [1.29, 1.82) is 0 Å². The molecular formula is C14H13ClO. The van der Waals surface area contributed by atoms with Crippen molar-refractivity contribution < 1.29 is 5.11 Å². The normalized spacial score (nSPS) is 14.4. The Hall–Kier alpha value is -1.31. The van der Waals surface area contributed by atoms with Crippen LogP contribution in [0.4, 0.5) is 0 Å². The minimum absolute atomic E-state index is 0.674. The van der Waals surface area contributed by atoms with Crippen LogP contribution in [0.2, 0.25) is 5.02 Å². The zero-order valence-electron chi connectivity index (χ0n) is 9.02. The average Bonchev–Trinajstić information content (AvgIpc) is 2.31. The van der Waals surface area contributed by atoms with Crippen molar-refractivity contribution in [3.05, 3.63) is 70.7 Å². The molecule has 0 aliphatic rings. The van der Waals surface area contributed by atoms with Gasteiger partial charge in [0.2, 0.25) is 0 Å². The van der Waals surface area contributed by atoms with Crippen LogP contribution in [0, 0.1) is 0 Å². The Morgan fingerprint density at radius 2 is 1.38 bits per heavy atom. The number of hydrogen-bond acceptors (Lipinski definition) is 1. The van der Waals surface area contributed by atoms with Gasteiger partial charge < -0.3 is 5.11 Å². The molecule has 0 bridgehead atoms. The third kappa shape index (κ3) is 2.11. The van der Waals surface area contributed by atoms with Gasteiger partial charge in [0.25, 0.3) is 0 Å². The molecule has 0 unspecified atom stereocenters.